The summed E-state index contributed by atoms with van der Waals surface area (Å²) >= 11 is 0. The Balaban J connectivity index is 2.10. The third-order valence-electron chi connectivity index (χ3n) is 2.85. The van der Waals surface area contributed by atoms with Crippen LogP contribution in [-0.4, -0.2) is 37.9 Å². The van der Waals surface area contributed by atoms with E-state index in [1.165, 1.54) is 12.4 Å². The zero-order valence-electron chi connectivity index (χ0n) is 9.01. The molecule has 2 rings (SSSR count). The molecule has 2 unspecified atom stereocenters. The van der Waals surface area contributed by atoms with Crippen LogP contribution in [0.5, 0.6) is 0 Å². The summed E-state index contributed by atoms with van der Waals surface area (Å²) in [5.41, 5.74) is 0. The molecule has 6 nitrogen and oxygen atoms in total. The number of rotatable bonds is 4. The minimum Gasteiger partial charge on any atom is -0.380 e. The second kappa shape index (κ2) is 4.52. The van der Waals surface area contributed by atoms with Crippen molar-refractivity contribution in [2.45, 2.75) is 36.3 Å². The predicted octanol–water partition coefficient (Wildman–Crippen LogP) is 0.255. The van der Waals surface area contributed by atoms with Gasteiger partial charge in [-0.25, -0.2) is 13.1 Å². The van der Waals surface area contributed by atoms with Crippen molar-refractivity contribution in [2.24, 2.45) is 0 Å². The van der Waals surface area contributed by atoms with Gasteiger partial charge in [0, 0.05) is 19.3 Å². The summed E-state index contributed by atoms with van der Waals surface area (Å²) in [6, 6.07) is -0.134. The molecule has 1 fully saturated rings. The van der Waals surface area contributed by atoms with Crippen LogP contribution in [0.2, 0.25) is 0 Å². The highest BCUT2D eigenvalue weighted by molar-refractivity contribution is 7.89. The topological polar surface area (TPSA) is 84.1 Å². The first-order valence-corrected chi connectivity index (χ1v) is 6.66. The van der Waals surface area contributed by atoms with Gasteiger partial charge in [0.05, 0.1) is 12.3 Å². The summed E-state index contributed by atoms with van der Waals surface area (Å²) in [6.45, 7) is 0. The van der Waals surface area contributed by atoms with Gasteiger partial charge in [0.25, 0.3) is 0 Å². The van der Waals surface area contributed by atoms with Gasteiger partial charge in [-0.3, -0.25) is 5.10 Å². The van der Waals surface area contributed by atoms with Gasteiger partial charge in [-0.1, -0.05) is 0 Å². The van der Waals surface area contributed by atoms with Gasteiger partial charge in [-0.2, -0.15) is 5.10 Å². The van der Waals surface area contributed by atoms with Crippen LogP contribution >= 0.6 is 0 Å². The van der Waals surface area contributed by atoms with E-state index in [9.17, 15) is 8.42 Å². The fraction of sp³-hybridized carbons (Fsp3) is 0.667. The lowest BCUT2D eigenvalue weighted by Gasteiger charge is -2.18. The number of nitrogens with one attached hydrogen (secondary N) is 2. The summed E-state index contributed by atoms with van der Waals surface area (Å²) in [7, 11) is -1.86. The Kier molecular flexibility index (Phi) is 3.27. The summed E-state index contributed by atoms with van der Waals surface area (Å²) in [5.74, 6) is 0. The molecule has 2 N–H and O–H groups in total. The Bertz CT molecular complexity index is 429. The smallest absolute Gasteiger partial charge is 0.244 e. The highest BCUT2D eigenvalue weighted by atomic mass is 32.2. The van der Waals surface area contributed by atoms with Crippen molar-refractivity contribution < 1.29 is 13.2 Å². The quantitative estimate of drug-likeness (QED) is 0.796. The molecule has 2 atom stereocenters. The number of nitrogens with zero attached hydrogens (tertiary/aromatic N) is 1. The van der Waals surface area contributed by atoms with Crippen molar-refractivity contribution in [1.82, 2.24) is 14.9 Å². The van der Waals surface area contributed by atoms with Gasteiger partial charge in [-0.15, -0.1) is 0 Å². The van der Waals surface area contributed by atoms with Crippen molar-refractivity contribution >= 4 is 10.0 Å². The summed E-state index contributed by atoms with van der Waals surface area (Å²) in [6.07, 6.45) is 5.32. The van der Waals surface area contributed by atoms with Crippen LogP contribution in [0.1, 0.15) is 19.3 Å². The third-order valence-corrected chi connectivity index (χ3v) is 4.30. The molecule has 0 aliphatic heterocycles. The monoisotopic (exact) mass is 245 g/mol. The number of methoxy groups -OCH3 is 1. The van der Waals surface area contributed by atoms with Crippen LogP contribution < -0.4 is 4.72 Å². The van der Waals surface area contributed by atoms with E-state index in [1.54, 1.807) is 7.11 Å². The molecule has 1 aliphatic rings. The van der Waals surface area contributed by atoms with Crippen LogP contribution in [0, 0.1) is 0 Å². The van der Waals surface area contributed by atoms with Crippen molar-refractivity contribution in [3.05, 3.63) is 12.4 Å². The van der Waals surface area contributed by atoms with Crippen LogP contribution in [0.25, 0.3) is 0 Å². The lowest BCUT2D eigenvalue weighted by molar-refractivity contribution is 0.0916. The number of sulfonamides is 1. The molecule has 0 saturated heterocycles. The van der Waals surface area contributed by atoms with E-state index in [1.807, 2.05) is 0 Å². The molecule has 1 aromatic rings. The van der Waals surface area contributed by atoms with Crippen molar-refractivity contribution in [3.63, 3.8) is 0 Å². The van der Waals surface area contributed by atoms with Crippen LogP contribution in [0.3, 0.4) is 0 Å². The molecule has 1 heterocycles. The molecule has 0 aromatic carbocycles. The molecule has 1 aromatic heterocycles. The molecule has 7 heteroatoms. The van der Waals surface area contributed by atoms with Crippen molar-refractivity contribution in [1.29, 1.82) is 0 Å². The zero-order chi connectivity index (χ0) is 11.6. The van der Waals surface area contributed by atoms with Gasteiger partial charge < -0.3 is 4.74 Å². The first-order chi connectivity index (χ1) is 7.63. The Labute approximate surface area is 94.4 Å². The maximum atomic E-state index is 11.9. The number of aromatic amines is 1. The van der Waals surface area contributed by atoms with E-state index in [4.69, 9.17) is 4.74 Å². The fourth-order valence-electron chi connectivity index (χ4n) is 2.00. The van der Waals surface area contributed by atoms with Crippen molar-refractivity contribution in [2.75, 3.05) is 7.11 Å². The molecule has 0 bridgehead atoms. The molecule has 1 saturated carbocycles. The second-order valence-electron chi connectivity index (χ2n) is 3.87. The zero-order valence-corrected chi connectivity index (χ0v) is 9.83. The maximum Gasteiger partial charge on any atom is 0.244 e. The van der Waals surface area contributed by atoms with Gasteiger partial charge in [0.2, 0.25) is 10.0 Å². The van der Waals surface area contributed by atoms with E-state index in [-0.39, 0.29) is 17.0 Å². The minimum absolute atomic E-state index is 0.0262. The fourth-order valence-corrected chi connectivity index (χ4v) is 3.20. The SMILES string of the molecule is COC1CCCC1NS(=O)(=O)c1cn[nH]c1. The summed E-state index contributed by atoms with van der Waals surface area (Å²) < 4.78 is 31.7. The number of ether oxygens (including phenoxy) is 1. The average molecular weight is 245 g/mol. The van der Waals surface area contributed by atoms with E-state index < -0.39 is 10.0 Å². The molecule has 0 spiro atoms. The molecule has 1 aliphatic carbocycles. The van der Waals surface area contributed by atoms with Gasteiger partial charge >= 0.3 is 0 Å². The maximum absolute atomic E-state index is 11.9. The highest BCUT2D eigenvalue weighted by Gasteiger charge is 2.31. The molecule has 0 amide bonds. The molecule has 90 valence electrons. The third kappa shape index (κ3) is 2.26. The van der Waals surface area contributed by atoms with E-state index >= 15 is 0 Å². The minimum atomic E-state index is -3.47. The lowest BCUT2D eigenvalue weighted by Crippen LogP contribution is -2.40. The first-order valence-electron chi connectivity index (χ1n) is 5.17. The number of hydrogen-bond donors (Lipinski definition) is 2. The van der Waals surface area contributed by atoms with Gasteiger partial charge in [-0.05, 0) is 19.3 Å². The average Bonchev–Trinajstić information content (AvgIpc) is 2.86. The highest BCUT2D eigenvalue weighted by Crippen LogP contribution is 2.23. The van der Waals surface area contributed by atoms with Crippen LogP contribution in [0.4, 0.5) is 0 Å². The van der Waals surface area contributed by atoms with Crippen LogP contribution in [-0.2, 0) is 14.8 Å². The number of hydrogen-bond acceptors (Lipinski definition) is 4. The van der Waals surface area contributed by atoms with Gasteiger partial charge in [0.15, 0.2) is 0 Å². The van der Waals surface area contributed by atoms with E-state index in [0.29, 0.717) is 0 Å². The molecule has 16 heavy (non-hydrogen) atoms. The number of H-pyrrole nitrogens is 1. The Morgan fingerprint density at radius 3 is 3.00 bits per heavy atom. The molecular formula is C9H15N3O3S. The molecular weight excluding hydrogens is 230 g/mol. The second-order valence-corrected chi connectivity index (χ2v) is 5.58. The first kappa shape index (κ1) is 11.6. The largest absolute Gasteiger partial charge is 0.380 e. The molecule has 0 radical (unpaired) electrons. The lowest BCUT2D eigenvalue weighted by atomic mass is 10.2. The van der Waals surface area contributed by atoms with Crippen LogP contribution in [0.15, 0.2) is 17.3 Å². The Morgan fingerprint density at radius 2 is 2.38 bits per heavy atom. The van der Waals surface area contributed by atoms with E-state index in [0.717, 1.165) is 19.3 Å². The van der Waals surface area contributed by atoms with Crippen molar-refractivity contribution in [3.8, 4) is 0 Å². The predicted molar refractivity (Wildman–Crippen MR) is 57.3 cm³/mol. The number of aromatic nitrogens is 2. The van der Waals surface area contributed by atoms with E-state index in [2.05, 4.69) is 14.9 Å². The Hall–Kier alpha value is -0.920. The van der Waals surface area contributed by atoms with Gasteiger partial charge in [0.1, 0.15) is 4.90 Å². The summed E-state index contributed by atoms with van der Waals surface area (Å²) in [5, 5.41) is 6.11. The normalized spacial score (nSPS) is 26.1. The Morgan fingerprint density at radius 1 is 1.56 bits per heavy atom. The standard InChI is InChI=1S/C9H15N3O3S/c1-15-9-4-2-3-8(9)12-16(13,14)7-5-10-11-6-7/h5-6,8-9,12H,2-4H2,1H3,(H,10,11). The summed E-state index contributed by atoms with van der Waals surface area (Å²) in [4.78, 5) is 0.161.